The molecule has 0 aliphatic rings. The predicted molar refractivity (Wildman–Crippen MR) is 89.3 cm³/mol. The summed E-state index contributed by atoms with van der Waals surface area (Å²) in [6.45, 7) is 0.159. The normalized spacial score (nSPS) is 11.2. The average Bonchev–Trinajstić information content (AvgIpc) is 2.58. The maximum Gasteiger partial charge on any atom is 0.405 e. The van der Waals surface area contributed by atoms with E-state index in [2.05, 4.69) is 9.97 Å². The van der Waals surface area contributed by atoms with Gasteiger partial charge < -0.3 is 5.32 Å². The van der Waals surface area contributed by atoms with Gasteiger partial charge in [-0.05, 0) is 6.92 Å². The molecule has 150 valence electrons. The molecule has 0 fully saturated rings. The van der Waals surface area contributed by atoms with Gasteiger partial charge in [-0.2, -0.15) is 28.4 Å². The van der Waals surface area contributed by atoms with Crippen LogP contribution in [-0.2, 0) is 6.42 Å². The molecule has 0 bridgehead atoms. The van der Waals surface area contributed by atoms with Crippen LogP contribution in [0.4, 0.5) is 38.1 Å². The summed E-state index contributed by atoms with van der Waals surface area (Å²) in [6.07, 6.45) is -3.54. The van der Waals surface area contributed by atoms with Gasteiger partial charge in [0.2, 0.25) is 5.95 Å². The second-order valence-corrected chi connectivity index (χ2v) is 5.84. The van der Waals surface area contributed by atoms with Crippen molar-refractivity contribution in [1.82, 2.24) is 9.97 Å². The Morgan fingerprint density at radius 3 is 2.25 bits per heavy atom. The molecule has 0 radical (unpaired) electrons. The van der Waals surface area contributed by atoms with Gasteiger partial charge in [0.25, 0.3) is 0 Å². The Labute approximate surface area is 160 Å². The molecule has 0 unspecified atom stereocenters. The van der Waals surface area contributed by atoms with Crippen molar-refractivity contribution in [3.8, 4) is 6.19 Å². The maximum absolute atomic E-state index is 13.9. The topological polar surface area (TPSA) is 64.8 Å². The Balaban J connectivity index is 2.54. The molecule has 2 rings (SSSR count). The van der Waals surface area contributed by atoms with Gasteiger partial charge in [0, 0.05) is 36.2 Å². The second-order valence-electron chi connectivity index (χ2n) is 5.48. The fourth-order valence-corrected chi connectivity index (χ4v) is 2.46. The summed E-state index contributed by atoms with van der Waals surface area (Å²) in [5.41, 5.74) is -0.865. The highest BCUT2D eigenvalue weighted by molar-refractivity contribution is 6.30. The van der Waals surface area contributed by atoms with Gasteiger partial charge in [-0.15, -0.1) is 0 Å². The standard InChI is InChI=1S/C16H12ClF6N5/c1-2-28(7-24)15-26-13(17)10(14(27-15)25-6-16(21,22)23)5-9-11(19)3-8(18)4-12(9)20/h3-4H,2,5-6H2,1H3,(H,25,26,27). The van der Waals surface area contributed by atoms with Crippen molar-refractivity contribution in [3.05, 3.63) is 45.9 Å². The third-order valence-electron chi connectivity index (χ3n) is 3.54. The van der Waals surface area contributed by atoms with Crippen molar-refractivity contribution in [3.63, 3.8) is 0 Å². The van der Waals surface area contributed by atoms with Crippen molar-refractivity contribution < 1.29 is 26.3 Å². The SMILES string of the molecule is CCN(C#N)c1nc(Cl)c(Cc2c(F)cc(F)cc2F)c(NCC(F)(F)F)n1. The molecule has 0 aliphatic heterocycles. The molecule has 1 aromatic carbocycles. The highest BCUT2D eigenvalue weighted by atomic mass is 35.5. The molecule has 1 aromatic heterocycles. The van der Waals surface area contributed by atoms with Gasteiger partial charge >= 0.3 is 6.18 Å². The molecule has 1 heterocycles. The molecule has 28 heavy (non-hydrogen) atoms. The molecule has 0 saturated carbocycles. The van der Waals surface area contributed by atoms with Crippen LogP contribution in [-0.4, -0.2) is 29.2 Å². The summed E-state index contributed by atoms with van der Waals surface area (Å²) in [5.74, 6) is -4.38. The fourth-order valence-electron chi connectivity index (χ4n) is 2.23. The van der Waals surface area contributed by atoms with Gasteiger partial charge in [0.1, 0.15) is 35.0 Å². The van der Waals surface area contributed by atoms with Crippen LogP contribution in [0.5, 0.6) is 0 Å². The molecule has 0 aliphatic carbocycles. The van der Waals surface area contributed by atoms with E-state index < -0.39 is 53.1 Å². The van der Waals surface area contributed by atoms with Gasteiger partial charge in [0.05, 0.1) is 0 Å². The van der Waals surface area contributed by atoms with Crippen LogP contribution >= 0.6 is 11.6 Å². The third-order valence-corrected chi connectivity index (χ3v) is 3.85. The number of rotatable bonds is 6. The molecule has 0 amide bonds. The number of anilines is 2. The number of alkyl halides is 3. The monoisotopic (exact) mass is 423 g/mol. The lowest BCUT2D eigenvalue weighted by Gasteiger charge is -2.18. The summed E-state index contributed by atoms with van der Waals surface area (Å²) in [5, 5.41) is 10.6. The van der Waals surface area contributed by atoms with Gasteiger partial charge in [-0.3, -0.25) is 0 Å². The van der Waals surface area contributed by atoms with Crippen LogP contribution in [0.1, 0.15) is 18.1 Å². The predicted octanol–water partition coefficient (Wildman–Crippen LogP) is 4.42. The van der Waals surface area contributed by atoms with Crippen molar-refractivity contribution in [2.45, 2.75) is 19.5 Å². The summed E-state index contributed by atoms with van der Waals surface area (Å²) in [6, 6.07) is 0.859. The minimum Gasteiger partial charge on any atom is -0.361 e. The number of hydrogen-bond acceptors (Lipinski definition) is 5. The molecule has 5 nitrogen and oxygen atoms in total. The lowest BCUT2D eigenvalue weighted by Crippen LogP contribution is -2.24. The highest BCUT2D eigenvalue weighted by Gasteiger charge is 2.28. The van der Waals surface area contributed by atoms with Gasteiger partial charge in [-0.1, -0.05) is 11.6 Å². The van der Waals surface area contributed by atoms with Crippen LogP contribution in [0.15, 0.2) is 12.1 Å². The molecule has 12 heteroatoms. The number of halogens is 7. The number of nitrogens with zero attached hydrogens (tertiary/aromatic N) is 4. The number of aromatic nitrogens is 2. The third kappa shape index (κ3) is 5.16. The Kier molecular flexibility index (Phi) is 6.56. The minimum absolute atomic E-state index is 0.103. The van der Waals surface area contributed by atoms with E-state index in [4.69, 9.17) is 16.9 Å². The second kappa shape index (κ2) is 8.52. The molecule has 1 N–H and O–H groups in total. The number of nitrogens with one attached hydrogen (secondary N) is 1. The highest BCUT2D eigenvalue weighted by Crippen LogP contribution is 2.30. The minimum atomic E-state index is -4.62. The Morgan fingerprint density at radius 2 is 1.75 bits per heavy atom. The van der Waals surface area contributed by atoms with E-state index in [9.17, 15) is 26.3 Å². The molecule has 0 saturated heterocycles. The fraction of sp³-hybridized carbons (Fsp3) is 0.312. The van der Waals surface area contributed by atoms with E-state index in [0.717, 1.165) is 4.90 Å². The van der Waals surface area contributed by atoms with E-state index in [1.165, 1.54) is 0 Å². The molecule has 0 atom stereocenters. The smallest absolute Gasteiger partial charge is 0.361 e. The summed E-state index contributed by atoms with van der Waals surface area (Å²) in [7, 11) is 0. The van der Waals surface area contributed by atoms with E-state index in [0.29, 0.717) is 12.1 Å². The quantitative estimate of drug-likeness (QED) is 0.322. The molecular formula is C16H12ClF6N5. The first-order valence-electron chi connectivity index (χ1n) is 7.73. The first kappa shape index (κ1) is 21.6. The first-order valence-corrected chi connectivity index (χ1v) is 8.11. The summed E-state index contributed by atoms with van der Waals surface area (Å²) in [4.78, 5) is 8.59. The van der Waals surface area contributed by atoms with E-state index in [1.54, 1.807) is 13.1 Å². The summed E-state index contributed by atoms with van der Waals surface area (Å²) < 4.78 is 78.7. The van der Waals surface area contributed by atoms with Crippen molar-refractivity contribution in [2.75, 3.05) is 23.3 Å². The first-order chi connectivity index (χ1) is 13.1. The Morgan fingerprint density at radius 1 is 1.14 bits per heavy atom. The molecule has 0 spiro atoms. The van der Waals surface area contributed by atoms with Crippen LogP contribution in [0.25, 0.3) is 0 Å². The average molecular weight is 424 g/mol. The maximum atomic E-state index is 13.9. The molecular weight excluding hydrogens is 412 g/mol. The lowest BCUT2D eigenvalue weighted by molar-refractivity contribution is -0.115. The zero-order chi connectivity index (χ0) is 21.1. The largest absolute Gasteiger partial charge is 0.405 e. The van der Waals surface area contributed by atoms with Crippen LogP contribution in [0, 0.1) is 28.9 Å². The van der Waals surface area contributed by atoms with Crippen molar-refractivity contribution in [2.24, 2.45) is 0 Å². The zero-order valence-electron chi connectivity index (χ0n) is 14.2. The number of nitriles is 1. The zero-order valence-corrected chi connectivity index (χ0v) is 15.0. The Hall–Kier alpha value is -2.74. The van der Waals surface area contributed by atoms with E-state index in [-0.39, 0.29) is 18.1 Å². The van der Waals surface area contributed by atoms with Gasteiger partial charge in [0.15, 0.2) is 6.19 Å². The number of benzene rings is 1. The van der Waals surface area contributed by atoms with Crippen LogP contribution in [0.2, 0.25) is 5.15 Å². The summed E-state index contributed by atoms with van der Waals surface area (Å²) >= 11 is 6.00. The van der Waals surface area contributed by atoms with Crippen molar-refractivity contribution in [1.29, 1.82) is 5.26 Å². The van der Waals surface area contributed by atoms with Crippen LogP contribution < -0.4 is 10.2 Å². The van der Waals surface area contributed by atoms with Gasteiger partial charge in [-0.25, -0.2) is 18.1 Å². The van der Waals surface area contributed by atoms with Crippen molar-refractivity contribution >= 4 is 23.4 Å². The van der Waals surface area contributed by atoms with E-state index in [1.807, 2.05) is 5.32 Å². The van der Waals surface area contributed by atoms with E-state index >= 15 is 0 Å². The molecule has 2 aromatic rings. The number of hydrogen-bond donors (Lipinski definition) is 1. The Bertz CT molecular complexity index is 889. The lowest BCUT2D eigenvalue weighted by atomic mass is 10.1. The van der Waals surface area contributed by atoms with Crippen LogP contribution in [0.3, 0.4) is 0 Å².